The standard InChI is InChI=1S/C26H22O6/c1-4-15-10-19-23(12-21(15)28)32-24-13-22(31-14(3)27)16(5-2)11-20(24)25(19)17-8-6-7-9-18(17)26(29)30/h6-13H,4-5H2,1-3H3,(H,29,30). The molecule has 1 N–H and O–H groups in total. The highest BCUT2D eigenvalue weighted by molar-refractivity contribution is 6.08. The van der Waals surface area contributed by atoms with Crippen LogP contribution in [0.15, 0.2) is 57.7 Å². The van der Waals surface area contributed by atoms with E-state index in [2.05, 4.69) is 0 Å². The third-order valence-electron chi connectivity index (χ3n) is 5.53. The predicted octanol–water partition coefficient (Wildman–Crippen LogP) is 5.31. The van der Waals surface area contributed by atoms with Gasteiger partial charge in [0.1, 0.15) is 17.1 Å². The third-order valence-corrected chi connectivity index (χ3v) is 5.53. The number of aromatic carboxylic acids is 1. The molecule has 0 saturated heterocycles. The van der Waals surface area contributed by atoms with E-state index in [1.165, 1.54) is 13.0 Å². The highest BCUT2D eigenvalue weighted by atomic mass is 16.5. The highest BCUT2D eigenvalue weighted by Gasteiger charge is 2.23. The molecule has 0 aromatic heterocycles. The van der Waals surface area contributed by atoms with Crippen LogP contribution in [-0.2, 0) is 17.6 Å². The van der Waals surface area contributed by atoms with Crippen molar-refractivity contribution < 1.29 is 23.8 Å². The van der Waals surface area contributed by atoms with E-state index < -0.39 is 11.9 Å². The fourth-order valence-electron chi connectivity index (χ4n) is 4.02. The first-order chi connectivity index (χ1) is 15.3. The Bertz CT molecular complexity index is 1400. The van der Waals surface area contributed by atoms with Crippen molar-refractivity contribution in [2.45, 2.75) is 33.6 Å². The summed E-state index contributed by atoms with van der Waals surface area (Å²) in [5, 5.41) is 10.5. The van der Waals surface area contributed by atoms with Crippen LogP contribution in [0.1, 0.15) is 42.3 Å². The minimum atomic E-state index is -1.05. The highest BCUT2D eigenvalue weighted by Crippen LogP contribution is 2.43. The number of fused-ring (bicyclic) bond motifs is 2. The van der Waals surface area contributed by atoms with Crippen molar-refractivity contribution in [1.29, 1.82) is 0 Å². The molecule has 0 amide bonds. The summed E-state index contributed by atoms with van der Waals surface area (Å²) >= 11 is 0. The molecular weight excluding hydrogens is 408 g/mol. The van der Waals surface area contributed by atoms with Crippen molar-refractivity contribution in [3.8, 4) is 28.2 Å². The van der Waals surface area contributed by atoms with Gasteiger partial charge in [0.25, 0.3) is 0 Å². The summed E-state index contributed by atoms with van der Waals surface area (Å²) in [6, 6.07) is 13.5. The molecule has 0 atom stereocenters. The molecule has 0 fully saturated rings. The molecule has 2 aliphatic rings. The number of carboxylic acids is 1. The summed E-state index contributed by atoms with van der Waals surface area (Å²) in [7, 11) is 0. The SMILES string of the molecule is CCc1cc2c(-c3ccccc3C(=O)O)c3cc(CC)c(=O)cc-3oc2cc1OC(C)=O. The normalized spacial score (nSPS) is 11.1. The van der Waals surface area contributed by atoms with Crippen LogP contribution < -0.4 is 10.2 Å². The van der Waals surface area contributed by atoms with Crippen LogP contribution in [0, 0.1) is 0 Å². The van der Waals surface area contributed by atoms with Crippen molar-refractivity contribution in [2.24, 2.45) is 0 Å². The largest absolute Gasteiger partial charge is 0.478 e. The zero-order valence-electron chi connectivity index (χ0n) is 18.0. The molecule has 32 heavy (non-hydrogen) atoms. The minimum absolute atomic E-state index is 0.146. The molecule has 6 nitrogen and oxygen atoms in total. The second kappa shape index (κ2) is 8.30. The summed E-state index contributed by atoms with van der Waals surface area (Å²) in [6.45, 7) is 5.16. The third kappa shape index (κ3) is 3.64. The van der Waals surface area contributed by atoms with E-state index in [9.17, 15) is 19.5 Å². The van der Waals surface area contributed by atoms with Gasteiger partial charge in [0, 0.05) is 41.1 Å². The molecule has 6 heteroatoms. The lowest BCUT2D eigenvalue weighted by atomic mass is 9.89. The van der Waals surface area contributed by atoms with E-state index in [-0.39, 0.29) is 11.0 Å². The fourth-order valence-corrected chi connectivity index (χ4v) is 4.02. The first-order valence-electron chi connectivity index (χ1n) is 10.4. The summed E-state index contributed by atoms with van der Waals surface area (Å²) in [6.07, 6.45) is 1.13. The maximum Gasteiger partial charge on any atom is 0.336 e. The number of esters is 1. The number of hydrogen-bond acceptors (Lipinski definition) is 5. The van der Waals surface area contributed by atoms with Crippen molar-refractivity contribution in [3.63, 3.8) is 0 Å². The van der Waals surface area contributed by atoms with Crippen LogP contribution in [0.5, 0.6) is 5.75 Å². The lowest BCUT2D eigenvalue weighted by molar-refractivity contribution is -0.131. The first-order valence-corrected chi connectivity index (χ1v) is 10.4. The molecule has 0 unspecified atom stereocenters. The molecule has 1 heterocycles. The zero-order valence-corrected chi connectivity index (χ0v) is 18.0. The lowest BCUT2D eigenvalue weighted by Gasteiger charge is -2.19. The van der Waals surface area contributed by atoms with Gasteiger partial charge in [0.2, 0.25) is 0 Å². The van der Waals surface area contributed by atoms with Gasteiger partial charge in [-0.3, -0.25) is 9.59 Å². The summed E-state index contributed by atoms with van der Waals surface area (Å²) < 4.78 is 11.4. The molecule has 0 spiro atoms. The number of carbonyl (C=O) groups is 2. The fraction of sp³-hybridized carbons (Fsp3) is 0.192. The van der Waals surface area contributed by atoms with E-state index in [0.717, 1.165) is 5.56 Å². The Morgan fingerprint density at radius 2 is 1.69 bits per heavy atom. The predicted molar refractivity (Wildman–Crippen MR) is 122 cm³/mol. The van der Waals surface area contributed by atoms with E-state index in [1.807, 2.05) is 19.9 Å². The van der Waals surface area contributed by atoms with Crippen LogP contribution in [-0.4, -0.2) is 17.0 Å². The number of hydrogen-bond donors (Lipinski definition) is 1. The van der Waals surface area contributed by atoms with E-state index in [1.54, 1.807) is 36.4 Å². The monoisotopic (exact) mass is 430 g/mol. The molecule has 2 aromatic carbocycles. The zero-order chi connectivity index (χ0) is 23.0. The average Bonchev–Trinajstić information content (AvgIpc) is 2.76. The summed E-state index contributed by atoms with van der Waals surface area (Å²) in [4.78, 5) is 36.1. The van der Waals surface area contributed by atoms with E-state index in [4.69, 9.17) is 9.15 Å². The Balaban J connectivity index is 2.21. The Hall–Kier alpha value is -3.93. The van der Waals surface area contributed by atoms with Gasteiger partial charge in [0.05, 0.1) is 5.56 Å². The van der Waals surface area contributed by atoms with Gasteiger partial charge in [-0.15, -0.1) is 0 Å². The Morgan fingerprint density at radius 3 is 2.34 bits per heavy atom. The summed E-state index contributed by atoms with van der Waals surface area (Å²) in [5.74, 6) is -0.787. The van der Waals surface area contributed by atoms with Gasteiger partial charge in [-0.1, -0.05) is 32.0 Å². The first kappa shape index (κ1) is 21.3. The Kier molecular flexibility index (Phi) is 5.53. The van der Waals surface area contributed by atoms with Crippen LogP contribution in [0.4, 0.5) is 0 Å². The van der Waals surface area contributed by atoms with E-state index in [0.29, 0.717) is 57.6 Å². The molecule has 1 aliphatic heterocycles. The average molecular weight is 430 g/mol. The van der Waals surface area contributed by atoms with Gasteiger partial charge in [-0.05, 0) is 42.2 Å². The number of rotatable bonds is 5. The minimum Gasteiger partial charge on any atom is -0.478 e. The molecule has 4 rings (SSSR count). The number of ether oxygens (including phenoxy) is 1. The maximum absolute atomic E-state index is 12.5. The quantitative estimate of drug-likeness (QED) is 0.262. The van der Waals surface area contributed by atoms with Crippen molar-refractivity contribution in [2.75, 3.05) is 0 Å². The van der Waals surface area contributed by atoms with Crippen LogP contribution in [0.25, 0.3) is 33.4 Å². The van der Waals surface area contributed by atoms with Crippen LogP contribution in [0.2, 0.25) is 0 Å². The van der Waals surface area contributed by atoms with Crippen LogP contribution >= 0.6 is 0 Å². The molecule has 1 aliphatic carbocycles. The van der Waals surface area contributed by atoms with Crippen molar-refractivity contribution in [3.05, 3.63) is 75.4 Å². The smallest absolute Gasteiger partial charge is 0.336 e. The molecular formula is C26H22O6. The number of aryl methyl sites for hydroxylation is 2. The second-order valence-corrected chi connectivity index (χ2v) is 7.54. The van der Waals surface area contributed by atoms with Gasteiger partial charge in [0.15, 0.2) is 5.43 Å². The van der Waals surface area contributed by atoms with Gasteiger partial charge in [-0.25, -0.2) is 4.79 Å². The maximum atomic E-state index is 12.5. The van der Waals surface area contributed by atoms with Crippen molar-refractivity contribution in [1.82, 2.24) is 0 Å². The summed E-state index contributed by atoms with van der Waals surface area (Å²) in [5.41, 5.74) is 3.64. The van der Waals surface area contributed by atoms with E-state index >= 15 is 0 Å². The van der Waals surface area contributed by atoms with Gasteiger partial charge in [-0.2, -0.15) is 0 Å². The molecule has 0 radical (unpaired) electrons. The topological polar surface area (TPSA) is 93.8 Å². The molecule has 2 aromatic rings. The molecule has 0 bridgehead atoms. The number of carboxylic acid groups (broad SMARTS) is 1. The second-order valence-electron chi connectivity index (χ2n) is 7.54. The van der Waals surface area contributed by atoms with Crippen molar-refractivity contribution >= 4 is 22.9 Å². The van der Waals surface area contributed by atoms with Gasteiger partial charge >= 0.3 is 11.9 Å². The number of carbonyl (C=O) groups excluding carboxylic acids is 1. The van der Waals surface area contributed by atoms with Crippen LogP contribution in [0.3, 0.4) is 0 Å². The van der Waals surface area contributed by atoms with Gasteiger partial charge < -0.3 is 14.3 Å². The molecule has 162 valence electrons. The number of benzene rings is 3. The Morgan fingerprint density at radius 1 is 0.969 bits per heavy atom. The Labute approximate surface area is 184 Å². The molecule has 0 saturated carbocycles. The lowest BCUT2D eigenvalue weighted by Crippen LogP contribution is -2.09.